The Bertz CT molecular complexity index is 1420. The number of pyridine rings is 3. The fourth-order valence-electron chi connectivity index (χ4n) is 4.36. The van der Waals surface area contributed by atoms with Gasteiger partial charge >= 0.3 is 0 Å². The summed E-state index contributed by atoms with van der Waals surface area (Å²) in [5.74, 6) is 1.20. The van der Waals surface area contributed by atoms with E-state index in [1.165, 1.54) is 17.5 Å². The van der Waals surface area contributed by atoms with Gasteiger partial charge in [-0.25, -0.2) is 15.0 Å². The summed E-state index contributed by atoms with van der Waals surface area (Å²) < 4.78 is 2.10. The minimum atomic E-state index is 0.452. The first-order valence-electron chi connectivity index (χ1n) is 10.4. The van der Waals surface area contributed by atoms with Gasteiger partial charge in [0.25, 0.3) is 0 Å². The molecule has 0 unspecified atom stereocenters. The Balaban J connectivity index is 1.64. The molecule has 6 nitrogen and oxygen atoms in total. The highest BCUT2D eigenvalue weighted by Crippen LogP contribution is 2.33. The minimum absolute atomic E-state index is 0.452. The van der Waals surface area contributed by atoms with Crippen molar-refractivity contribution in [1.29, 1.82) is 0 Å². The molecule has 2 N–H and O–H groups in total. The minimum Gasteiger partial charge on any atom is -0.383 e. The van der Waals surface area contributed by atoms with Gasteiger partial charge in [0, 0.05) is 29.8 Å². The summed E-state index contributed by atoms with van der Waals surface area (Å²) in [5, 5.41) is 0. The van der Waals surface area contributed by atoms with Gasteiger partial charge in [0.05, 0.1) is 11.3 Å². The molecule has 4 aromatic heterocycles. The van der Waals surface area contributed by atoms with E-state index >= 15 is 0 Å². The van der Waals surface area contributed by atoms with E-state index in [9.17, 15) is 0 Å². The summed E-state index contributed by atoms with van der Waals surface area (Å²) in [4.78, 5) is 18.4. The molecule has 0 saturated heterocycles. The van der Waals surface area contributed by atoms with Crippen molar-refractivity contribution in [2.75, 3.05) is 5.73 Å². The molecule has 6 rings (SSSR count). The number of rotatable bonds is 3. The molecule has 0 amide bonds. The van der Waals surface area contributed by atoms with Crippen molar-refractivity contribution < 1.29 is 0 Å². The van der Waals surface area contributed by atoms with Crippen LogP contribution in [0.4, 0.5) is 5.82 Å². The zero-order valence-corrected chi connectivity index (χ0v) is 16.9. The molecule has 5 aromatic rings. The summed E-state index contributed by atoms with van der Waals surface area (Å²) in [6.45, 7) is 0. The molecule has 0 aliphatic heterocycles. The second-order valence-electron chi connectivity index (χ2n) is 7.79. The van der Waals surface area contributed by atoms with E-state index in [0.29, 0.717) is 5.82 Å². The third-order valence-electron chi connectivity index (χ3n) is 5.88. The topological polar surface area (TPSA) is 82.5 Å². The first-order valence-corrected chi connectivity index (χ1v) is 10.4. The number of imidazole rings is 1. The monoisotopic (exact) mass is 404 g/mol. The Morgan fingerprint density at radius 1 is 0.871 bits per heavy atom. The Morgan fingerprint density at radius 2 is 1.77 bits per heavy atom. The molecule has 6 heteroatoms. The van der Waals surface area contributed by atoms with E-state index in [-0.39, 0.29) is 0 Å². The van der Waals surface area contributed by atoms with E-state index in [4.69, 9.17) is 15.7 Å². The van der Waals surface area contributed by atoms with Crippen molar-refractivity contribution in [3.63, 3.8) is 0 Å². The van der Waals surface area contributed by atoms with Crippen LogP contribution in [0.15, 0.2) is 73.2 Å². The van der Waals surface area contributed by atoms with Gasteiger partial charge in [-0.1, -0.05) is 6.07 Å². The number of anilines is 1. The molecule has 0 radical (unpaired) electrons. The lowest BCUT2D eigenvalue weighted by Gasteiger charge is -2.12. The predicted octanol–water partition coefficient (Wildman–Crippen LogP) is 4.62. The highest BCUT2D eigenvalue weighted by molar-refractivity contribution is 5.84. The van der Waals surface area contributed by atoms with Crippen molar-refractivity contribution in [2.45, 2.75) is 19.3 Å². The van der Waals surface area contributed by atoms with Crippen molar-refractivity contribution in [2.24, 2.45) is 0 Å². The second kappa shape index (κ2) is 7.02. The molecule has 1 aliphatic carbocycles. The van der Waals surface area contributed by atoms with Crippen LogP contribution in [-0.2, 0) is 12.8 Å². The first-order chi connectivity index (χ1) is 15.3. The molecule has 31 heavy (non-hydrogen) atoms. The molecule has 0 fully saturated rings. The first kappa shape index (κ1) is 17.8. The van der Waals surface area contributed by atoms with Gasteiger partial charge in [-0.2, -0.15) is 0 Å². The van der Waals surface area contributed by atoms with Crippen LogP contribution in [0.3, 0.4) is 0 Å². The Hall–Kier alpha value is -4.06. The van der Waals surface area contributed by atoms with Crippen molar-refractivity contribution in [3.8, 4) is 28.3 Å². The summed E-state index contributed by atoms with van der Waals surface area (Å²) in [6, 6.07) is 18.4. The van der Waals surface area contributed by atoms with Crippen LogP contribution in [0.5, 0.6) is 0 Å². The van der Waals surface area contributed by atoms with Crippen LogP contribution < -0.4 is 5.73 Å². The average Bonchev–Trinajstić information content (AvgIpc) is 3.43. The molecular formula is C25H20N6. The zero-order chi connectivity index (χ0) is 20.8. The lowest BCUT2D eigenvalue weighted by atomic mass is 10.1. The number of fused-ring (bicyclic) bond motifs is 2. The van der Waals surface area contributed by atoms with Crippen LogP contribution in [0.25, 0.3) is 39.5 Å². The van der Waals surface area contributed by atoms with Gasteiger partial charge in [-0.05, 0) is 78.9 Å². The Labute approximate surface area is 179 Å². The van der Waals surface area contributed by atoms with Gasteiger partial charge in [0.1, 0.15) is 11.3 Å². The highest BCUT2D eigenvalue weighted by atomic mass is 15.1. The summed E-state index contributed by atoms with van der Waals surface area (Å²) in [6.07, 6.45) is 8.74. The number of aryl methyl sites for hydroxylation is 2. The van der Waals surface area contributed by atoms with Crippen LogP contribution in [0.1, 0.15) is 17.5 Å². The van der Waals surface area contributed by atoms with Gasteiger partial charge < -0.3 is 5.73 Å². The number of nitrogens with zero attached hydrogens (tertiary/aromatic N) is 5. The summed E-state index contributed by atoms with van der Waals surface area (Å²) >= 11 is 0. The summed E-state index contributed by atoms with van der Waals surface area (Å²) in [5.41, 5.74) is 14.3. The van der Waals surface area contributed by atoms with Crippen LogP contribution in [0, 0.1) is 0 Å². The van der Waals surface area contributed by atoms with E-state index in [2.05, 4.69) is 32.7 Å². The van der Waals surface area contributed by atoms with Crippen molar-refractivity contribution in [3.05, 3.63) is 84.3 Å². The van der Waals surface area contributed by atoms with E-state index < -0.39 is 0 Å². The molecule has 4 heterocycles. The lowest BCUT2D eigenvalue weighted by Crippen LogP contribution is -2.03. The van der Waals surface area contributed by atoms with E-state index in [1.54, 1.807) is 12.4 Å². The Morgan fingerprint density at radius 3 is 2.65 bits per heavy atom. The largest absolute Gasteiger partial charge is 0.383 e. The summed E-state index contributed by atoms with van der Waals surface area (Å²) in [7, 11) is 0. The number of nitrogens with two attached hydrogens (primary N) is 1. The third-order valence-corrected chi connectivity index (χ3v) is 5.88. The standard InChI is InChI=1S/C25H20N6/c26-23-20(7-3-13-28-23)24-30-22-11-10-21(18-6-2-12-27-15-18)29-25(22)31(24)19-9-8-16-4-1-5-17(16)14-19/h2-3,6-15H,1,4-5H2,(H2,26,28). The smallest absolute Gasteiger partial charge is 0.165 e. The maximum absolute atomic E-state index is 6.24. The molecule has 150 valence electrons. The number of hydrogen-bond donors (Lipinski definition) is 1. The molecule has 0 atom stereocenters. The molecule has 0 saturated carbocycles. The van der Waals surface area contributed by atoms with E-state index in [1.807, 2.05) is 42.6 Å². The van der Waals surface area contributed by atoms with Crippen molar-refractivity contribution in [1.82, 2.24) is 24.5 Å². The maximum atomic E-state index is 6.24. The maximum Gasteiger partial charge on any atom is 0.165 e. The number of hydrogen-bond acceptors (Lipinski definition) is 5. The second-order valence-corrected chi connectivity index (χ2v) is 7.79. The van der Waals surface area contributed by atoms with E-state index in [0.717, 1.165) is 52.3 Å². The normalized spacial score (nSPS) is 12.9. The fraction of sp³-hybridized carbons (Fsp3) is 0.120. The van der Waals surface area contributed by atoms with Crippen LogP contribution >= 0.6 is 0 Å². The molecular weight excluding hydrogens is 384 g/mol. The van der Waals surface area contributed by atoms with Gasteiger partial charge in [-0.15, -0.1) is 0 Å². The van der Waals surface area contributed by atoms with Gasteiger partial charge in [0.15, 0.2) is 11.5 Å². The van der Waals surface area contributed by atoms with Gasteiger partial charge in [0.2, 0.25) is 0 Å². The molecule has 1 aliphatic rings. The van der Waals surface area contributed by atoms with Crippen LogP contribution in [0.2, 0.25) is 0 Å². The molecule has 0 spiro atoms. The fourth-order valence-corrected chi connectivity index (χ4v) is 4.36. The molecule has 0 bridgehead atoms. The quantitative estimate of drug-likeness (QED) is 0.475. The molecule has 1 aromatic carbocycles. The zero-order valence-electron chi connectivity index (χ0n) is 16.9. The lowest BCUT2D eigenvalue weighted by molar-refractivity contribution is 0.911. The van der Waals surface area contributed by atoms with Crippen molar-refractivity contribution >= 4 is 17.0 Å². The average molecular weight is 404 g/mol. The number of aromatic nitrogens is 5. The SMILES string of the molecule is Nc1ncccc1-c1nc2ccc(-c3cccnc3)nc2n1-c1ccc2c(c1)CCC2. The highest BCUT2D eigenvalue weighted by Gasteiger charge is 2.20. The Kier molecular flexibility index (Phi) is 4.02. The predicted molar refractivity (Wildman–Crippen MR) is 122 cm³/mol. The van der Waals surface area contributed by atoms with Crippen LogP contribution in [-0.4, -0.2) is 24.5 Å². The number of benzene rings is 1. The number of nitrogen functional groups attached to an aromatic ring is 1. The van der Waals surface area contributed by atoms with Gasteiger partial charge in [-0.3, -0.25) is 9.55 Å². The third kappa shape index (κ3) is 2.95.